The molecule has 0 aliphatic carbocycles. The summed E-state index contributed by atoms with van der Waals surface area (Å²) in [6.45, 7) is 2.16. The first-order valence-corrected chi connectivity index (χ1v) is 8.16. The average molecular weight is 299 g/mol. The molecule has 0 saturated carbocycles. The lowest BCUT2D eigenvalue weighted by molar-refractivity contribution is 0.0697. The molecular weight excluding hydrogens is 282 g/mol. The molecule has 108 valence electrons. The third-order valence-corrected chi connectivity index (χ3v) is 4.65. The third kappa shape index (κ3) is 3.05. The molecule has 0 spiro atoms. The van der Waals surface area contributed by atoms with E-state index in [9.17, 15) is 9.90 Å². The van der Waals surface area contributed by atoms with Gasteiger partial charge in [0.1, 0.15) is 0 Å². The topological polar surface area (TPSA) is 40.5 Å². The molecule has 1 saturated heterocycles. The van der Waals surface area contributed by atoms with Crippen LogP contribution >= 0.6 is 11.8 Å². The highest BCUT2D eigenvalue weighted by Gasteiger charge is 2.13. The molecule has 2 aromatic carbocycles. The molecule has 0 aromatic heterocycles. The van der Waals surface area contributed by atoms with Crippen molar-refractivity contribution in [3.63, 3.8) is 0 Å². The molecule has 1 N–H and O–H groups in total. The fourth-order valence-electron chi connectivity index (χ4n) is 2.59. The number of nitrogens with zero attached hydrogens (tertiary/aromatic N) is 1. The Morgan fingerprint density at radius 1 is 1.00 bits per heavy atom. The van der Waals surface area contributed by atoms with Gasteiger partial charge >= 0.3 is 5.97 Å². The van der Waals surface area contributed by atoms with Crippen molar-refractivity contribution in [3.8, 4) is 11.1 Å². The summed E-state index contributed by atoms with van der Waals surface area (Å²) in [7, 11) is 0. The van der Waals surface area contributed by atoms with E-state index in [1.54, 1.807) is 12.1 Å². The van der Waals surface area contributed by atoms with E-state index in [0.717, 1.165) is 24.2 Å². The van der Waals surface area contributed by atoms with Crippen molar-refractivity contribution in [2.45, 2.75) is 0 Å². The highest BCUT2D eigenvalue weighted by atomic mass is 32.2. The maximum absolute atomic E-state index is 11.3. The smallest absolute Gasteiger partial charge is 0.336 e. The second-order valence-electron chi connectivity index (χ2n) is 5.00. The number of carbonyl (C=O) groups is 1. The van der Waals surface area contributed by atoms with Crippen LogP contribution in [-0.2, 0) is 0 Å². The normalized spacial score (nSPS) is 15.0. The van der Waals surface area contributed by atoms with Crippen molar-refractivity contribution in [1.29, 1.82) is 0 Å². The van der Waals surface area contributed by atoms with Crippen LogP contribution in [0.3, 0.4) is 0 Å². The number of rotatable bonds is 3. The molecule has 0 amide bonds. The number of hydrogen-bond donors (Lipinski definition) is 1. The highest BCUT2D eigenvalue weighted by Crippen LogP contribution is 2.27. The van der Waals surface area contributed by atoms with Gasteiger partial charge in [0.05, 0.1) is 5.56 Å². The summed E-state index contributed by atoms with van der Waals surface area (Å²) in [5, 5.41) is 9.27. The van der Waals surface area contributed by atoms with Crippen LogP contribution < -0.4 is 4.90 Å². The number of benzene rings is 2. The van der Waals surface area contributed by atoms with Gasteiger partial charge in [0.2, 0.25) is 0 Å². The van der Waals surface area contributed by atoms with Gasteiger partial charge in [0.15, 0.2) is 0 Å². The fraction of sp³-hybridized carbons (Fsp3) is 0.235. The lowest BCUT2D eigenvalue weighted by Crippen LogP contribution is -2.32. The van der Waals surface area contributed by atoms with Gasteiger partial charge in [0.25, 0.3) is 0 Å². The van der Waals surface area contributed by atoms with Gasteiger partial charge in [-0.15, -0.1) is 0 Å². The number of aromatic carboxylic acids is 1. The van der Waals surface area contributed by atoms with E-state index in [2.05, 4.69) is 17.0 Å². The number of carboxylic acid groups (broad SMARTS) is 1. The zero-order chi connectivity index (χ0) is 14.7. The molecule has 1 heterocycles. The molecule has 3 rings (SSSR count). The summed E-state index contributed by atoms with van der Waals surface area (Å²) >= 11 is 1.99. The molecule has 3 nitrogen and oxygen atoms in total. The van der Waals surface area contributed by atoms with E-state index < -0.39 is 5.97 Å². The van der Waals surface area contributed by atoms with Gasteiger partial charge in [-0.2, -0.15) is 11.8 Å². The number of hydrogen-bond acceptors (Lipinski definition) is 3. The van der Waals surface area contributed by atoms with Crippen LogP contribution in [0.1, 0.15) is 10.4 Å². The zero-order valence-electron chi connectivity index (χ0n) is 11.7. The molecule has 2 aromatic rings. The quantitative estimate of drug-likeness (QED) is 0.940. The van der Waals surface area contributed by atoms with E-state index >= 15 is 0 Å². The Bertz CT molecular complexity index is 633. The van der Waals surface area contributed by atoms with Crippen molar-refractivity contribution in [1.82, 2.24) is 0 Å². The maximum Gasteiger partial charge on any atom is 0.336 e. The van der Waals surface area contributed by atoms with Gasteiger partial charge < -0.3 is 10.0 Å². The molecule has 1 fully saturated rings. The van der Waals surface area contributed by atoms with Crippen molar-refractivity contribution < 1.29 is 9.90 Å². The van der Waals surface area contributed by atoms with Gasteiger partial charge in [-0.1, -0.05) is 30.3 Å². The predicted octanol–water partition coefficient (Wildman–Crippen LogP) is 3.61. The standard InChI is InChI=1S/C17H17NO2S/c19-17(20)16-4-2-1-3-15(16)13-5-7-14(8-6-13)18-9-11-21-12-10-18/h1-8H,9-12H2,(H,19,20). The van der Waals surface area contributed by atoms with Gasteiger partial charge in [0, 0.05) is 30.3 Å². The highest BCUT2D eigenvalue weighted by molar-refractivity contribution is 7.99. The Hall–Kier alpha value is -1.94. The van der Waals surface area contributed by atoms with E-state index in [-0.39, 0.29) is 0 Å². The Morgan fingerprint density at radius 3 is 2.33 bits per heavy atom. The molecule has 0 bridgehead atoms. The Balaban J connectivity index is 1.89. The fourth-order valence-corrected chi connectivity index (χ4v) is 3.50. The van der Waals surface area contributed by atoms with Crippen LogP contribution in [-0.4, -0.2) is 35.7 Å². The van der Waals surface area contributed by atoms with Crippen molar-refractivity contribution in [3.05, 3.63) is 54.1 Å². The van der Waals surface area contributed by atoms with Crippen LogP contribution in [0, 0.1) is 0 Å². The van der Waals surface area contributed by atoms with Crippen LogP contribution in [0.15, 0.2) is 48.5 Å². The van der Waals surface area contributed by atoms with E-state index in [0.29, 0.717) is 5.56 Å². The Kier molecular flexibility index (Phi) is 4.15. The van der Waals surface area contributed by atoms with Crippen LogP contribution in [0.25, 0.3) is 11.1 Å². The molecule has 1 aliphatic rings. The van der Waals surface area contributed by atoms with Crippen molar-refractivity contribution in [2.75, 3.05) is 29.5 Å². The molecule has 0 unspecified atom stereocenters. The minimum Gasteiger partial charge on any atom is -0.478 e. The lowest BCUT2D eigenvalue weighted by atomic mass is 9.99. The molecule has 4 heteroatoms. The second kappa shape index (κ2) is 6.22. The summed E-state index contributed by atoms with van der Waals surface area (Å²) in [5.41, 5.74) is 3.28. The molecular formula is C17H17NO2S. The first-order chi connectivity index (χ1) is 10.3. The second-order valence-corrected chi connectivity index (χ2v) is 6.22. The summed E-state index contributed by atoms with van der Waals surface area (Å²) in [6, 6.07) is 15.3. The first kappa shape index (κ1) is 14.0. The van der Waals surface area contributed by atoms with Crippen molar-refractivity contribution >= 4 is 23.4 Å². The summed E-state index contributed by atoms with van der Waals surface area (Å²) in [5.74, 6) is 1.45. The van der Waals surface area contributed by atoms with Crippen molar-refractivity contribution in [2.24, 2.45) is 0 Å². The van der Waals surface area contributed by atoms with Gasteiger partial charge in [-0.25, -0.2) is 4.79 Å². The average Bonchev–Trinajstić information content (AvgIpc) is 2.56. The summed E-state index contributed by atoms with van der Waals surface area (Å²) in [6.07, 6.45) is 0. The van der Waals surface area contributed by atoms with Gasteiger partial charge in [-0.3, -0.25) is 0 Å². The maximum atomic E-state index is 11.3. The van der Waals surface area contributed by atoms with Crippen LogP contribution in [0.2, 0.25) is 0 Å². The zero-order valence-corrected chi connectivity index (χ0v) is 12.5. The molecule has 0 atom stereocenters. The Labute approximate surface area is 128 Å². The summed E-state index contributed by atoms with van der Waals surface area (Å²) in [4.78, 5) is 13.7. The SMILES string of the molecule is O=C(O)c1ccccc1-c1ccc(N2CCSCC2)cc1. The first-order valence-electron chi connectivity index (χ1n) is 7.01. The van der Waals surface area contributed by atoms with Crippen LogP contribution in [0.4, 0.5) is 5.69 Å². The van der Waals surface area contributed by atoms with Crippen LogP contribution in [0.5, 0.6) is 0 Å². The molecule has 0 radical (unpaired) electrons. The van der Waals surface area contributed by atoms with Gasteiger partial charge in [-0.05, 0) is 29.3 Å². The van der Waals surface area contributed by atoms with E-state index in [1.807, 2.05) is 36.0 Å². The third-order valence-electron chi connectivity index (χ3n) is 3.71. The van der Waals surface area contributed by atoms with E-state index in [1.165, 1.54) is 17.2 Å². The predicted molar refractivity (Wildman–Crippen MR) is 88.4 cm³/mol. The minimum atomic E-state index is -0.886. The lowest BCUT2D eigenvalue weighted by Gasteiger charge is -2.28. The summed E-state index contributed by atoms with van der Waals surface area (Å²) < 4.78 is 0. The van der Waals surface area contributed by atoms with E-state index in [4.69, 9.17) is 0 Å². The largest absolute Gasteiger partial charge is 0.478 e. The monoisotopic (exact) mass is 299 g/mol. The number of anilines is 1. The minimum absolute atomic E-state index is 0.347. The number of thioether (sulfide) groups is 1. The molecule has 1 aliphatic heterocycles. The Morgan fingerprint density at radius 2 is 1.67 bits per heavy atom. The molecule has 21 heavy (non-hydrogen) atoms. The number of carboxylic acids is 1.